The Morgan fingerprint density at radius 2 is 2.16 bits per heavy atom. The number of aromatic nitrogens is 1. The van der Waals surface area contributed by atoms with Crippen molar-refractivity contribution in [3.63, 3.8) is 0 Å². The highest BCUT2D eigenvalue weighted by molar-refractivity contribution is 7.14. The molecule has 2 aliphatic rings. The van der Waals surface area contributed by atoms with Gasteiger partial charge in [0.2, 0.25) is 0 Å². The monoisotopic (exact) mass is 483 g/mol. The summed E-state index contributed by atoms with van der Waals surface area (Å²) < 4.78 is 35.6. The molecule has 172 valence electrons. The third-order valence-electron chi connectivity index (χ3n) is 4.09. The van der Waals surface area contributed by atoms with Crippen molar-refractivity contribution in [3.05, 3.63) is 52.2 Å². The Balaban J connectivity index is 0.00000176. The van der Waals surface area contributed by atoms with Crippen molar-refractivity contribution in [2.24, 2.45) is 5.92 Å². The van der Waals surface area contributed by atoms with E-state index in [1.807, 2.05) is 18.2 Å². The number of nitrogens with zero attached hydrogens (tertiary/aromatic N) is 1. The summed E-state index contributed by atoms with van der Waals surface area (Å²) in [6.45, 7) is 0.219. The average Bonchev–Trinajstić information content (AvgIpc) is 3.53. The standard InChI is InChI=1S/C20H22ClF2N3O3S.C2H2/c21-16-9-14(28-12-13-6-7-13)3-1-5-17(16)29-20-26-10-15(30-20)4-2-8-24-19(27)25-11-18(22)23;1-2/h1-5,9-10,13,17-18H,6-8,11-12H2,(H2,24,25,27);1-2H/b4-2+;. The first-order valence-corrected chi connectivity index (χ1v) is 11.0. The molecule has 1 aromatic rings. The van der Waals surface area contributed by atoms with E-state index < -0.39 is 25.1 Å². The van der Waals surface area contributed by atoms with Crippen LogP contribution in [-0.4, -0.2) is 43.2 Å². The number of carbonyl (C=O) groups is 1. The van der Waals surface area contributed by atoms with E-state index in [-0.39, 0.29) is 6.54 Å². The zero-order valence-electron chi connectivity index (χ0n) is 17.2. The molecule has 2 amide bonds. The fourth-order valence-electron chi connectivity index (χ4n) is 2.36. The lowest BCUT2D eigenvalue weighted by Crippen LogP contribution is -2.38. The molecule has 0 radical (unpaired) electrons. The topological polar surface area (TPSA) is 72.5 Å². The smallest absolute Gasteiger partial charge is 0.315 e. The summed E-state index contributed by atoms with van der Waals surface area (Å²) in [5.41, 5.74) is 0. The van der Waals surface area contributed by atoms with Crippen LogP contribution in [0, 0.1) is 18.8 Å². The van der Waals surface area contributed by atoms with Crippen molar-refractivity contribution < 1.29 is 23.0 Å². The van der Waals surface area contributed by atoms with Gasteiger partial charge < -0.3 is 20.1 Å². The SMILES string of the molecule is C#C.O=C(NC/C=C/c1cnc(OC2C=CC=C(OCC3CC3)C=C2Cl)s1)NCC(F)F. The molecule has 32 heavy (non-hydrogen) atoms. The molecule has 0 spiro atoms. The van der Waals surface area contributed by atoms with E-state index >= 15 is 0 Å². The zero-order valence-corrected chi connectivity index (χ0v) is 18.8. The third kappa shape index (κ3) is 9.54. The van der Waals surface area contributed by atoms with Gasteiger partial charge in [-0.3, -0.25) is 0 Å². The van der Waals surface area contributed by atoms with E-state index in [4.69, 9.17) is 21.1 Å². The van der Waals surface area contributed by atoms with Crippen molar-refractivity contribution in [2.75, 3.05) is 19.7 Å². The number of ether oxygens (including phenoxy) is 2. The van der Waals surface area contributed by atoms with Crippen LogP contribution < -0.4 is 15.4 Å². The Morgan fingerprint density at radius 1 is 1.38 bits per heavy atom. The van der Waals surface area contributed by atoms with Gasteiger partial charge in [0.15, 0.2) is 6.10 Å². The first-order valence-electron chi connectivity index (χ1n) is 9.80. The maximum atomic E-state index is 12.0. The molecule has 10 heteroatoms. The predicted molar refractivity (Wildman–Crippen MR) is 123 cm³/mol. The van der Waals surface area contributed by atoms with Gasteiger partial charge in [-0.15, -0.1) is 12.8 Å². The van der Waals surface area contributed by atoms with Gasteiger partial charge in [0.25, 0.3) is 11.6 Å². The van der Waals surface area contributed by atoms with E-state index in [2.05, 4.69) is 28.5 Å². The first-order chi connectivity index (χ1) is 15.5. The summed E-state index contributed by atoms with van der Waals surface area (Å²) in [4.78, 5) is 16.3. The van der Waals surface area contributed by atoms with Crippen molar-refractivity contribution >= 4 is 35.0 Å². The number of amides is 2. The second-order valence-corrected chi connectivity index (χ2v) is 8.15. The van der Waals surface area contributed by atoms with Crippen LogP contribution in [0.5, 0.6) is 5.19 Å². The minimum absolute atomic E-state index is 0.193. The highest BCUT2D eigenvalue weighted by Crippen LogP contribution is 2.31. The van der Waals surface area contributed by atoms with E-state index in [1.54, 1.807) is 24.4 Å². The lowest BCUT2D eigenvalue weighted by molar-refractivity contribution is 0.146. The number of alkyl halides is 2. The Labute approximate surface area is 195 Å². The summed E-state index contributed by atoms with van der Waals surface area (Å²) in [6, 6.07) is -0.649. The van der Waals surface area contributed by atoms with E-state index in [1.165, 1.54) is 24.2 Å². The van der Waals surface area contributed by atoms with Crippen LogP contribution in [0.4, 0.5) is 13.6 Å². The molecule has 2 aliphatic carbocycles. The fraction of sp³-hybridized carbons (Fsp3) is 0.364. The Hall–Kier alpha value is -2.83. The van der Waals surface area contributed by atoms with Gasteiger partial charge in [-0.1, -0.05) is 35.1 Å². The van der Waals surface area contributed by atoms with E-state index in [0.29, 0.717) is 28.5 Å². The molecular weight excluding hydrogens is 460 g/mol. The van der Waals surface area contributed by atoms with Gasteiger partial charge in [0.1, 0.15) is 5.76 Å². The molecule has 1 aromatic heterocycles. The maximum Gasteiger partial charge on any atom is 0.315 e. The van der Waals surface area contributed by atoms with Crippen LogP contribution in [0.2, 0.25) is 0 Å². The number of urea groups is 1. The molecule has 1 unspecified atom stereocenters. The van der Waals surface area contributed by atoms with Crippen molar-refractivity contribution in [3.8, 4) is 18.0 Å². The van der Waals surface area contributed by atoms with E-state index in [9.17, 15) is 13.6 Å². The normalized spacial score (nSPS) is 17.6. The molecule has 1 atom stereocenters. The van der Waals surface area contributed by atoms with Crippen molar-refractivity contribution in [1.82, 2.24) is 15.6 Å². The molecule has 6 nitrogen and oxygen atoms in total. The second-order valence-electron chi connectivity index (χ2n) is 6.69. The molecule has 1 saturated carbocycles. The van der Waals surface area contributed by atoms with Crippen LogP contribution in [0.1, 0.15) is 17.7 Å². The summed E-state index contributed by atoms with van der Waals surface area (Å²) >= 11 is 7.70. The number of rotatable bonds is 10. The molecule has 3 rings (SSSR count). The quantitative estimate of drug-likeness (QED) is 0.472. The highest BCUT2D eigenvalue weighted by atomic mass is 35.5. The van der Waals surface area contributed by atoms with Crippen LogP contribution in [0.3, 0.4) is 0 Å². The molecule has 1 fully saturated rings. The van der Waals surface area contributed by atoms with Gasteiger partial charge >= 0.3 is 6.03 Å². The molecule has 0 aliphatic heterocycles. The van der Waals surface area contributed by atoms with Gasteiger partial charge in [-0.2, -0.15) is 0 Å². The Bertz CT molecular complexity index is 892. The summed E-state index contributed by atoms with van der Waals surface area (Å²) in [7, 11) is 0. The van der Waals surface area contributed by atoms with Crippen LogP contribution in [-0.2, 0) is 4.74 Å². The second kappa shape index (κ2) is 13.6. The molecule has 1 heterocycles. The maximum absolute atomic E-state index is 12.0. The molecule has 0 aromatic carbocycles. The van der Waals surface area contributed by atoms with Crippen molar-refractivity contribution in [2.45, 2.75) is 25.4 Å². The molecule has 0 bridgehead atoms. The lowest BCUT2D eigenvalue weighted by Gasteiger charge is -2.12. The predicted octanol–water partition coefficient (Wildman–Crippen LogP) is 4.72. The number of carbonyl (C=O) groups excluding carboxylic acids is 1. The summed E-state index contributed by atoms with van der Waals surface area (Å²) in [5.74, 6) is 1.36. The third-order valence-corrected chi connectivity index (χ3v) is 5.27. The first kappa shape index (κ1) is 25.4. The van der Waals surface area contributed by atoms with Gasteiger partial charge in [-0.25, -0.2) is 18.6 Å². The van der Waals surface area contributed by atoms with Gasteiger partial charge in [-0.05, 0) is 43.1 Å². The number of thiazole rings is 1. The largest absolute Gasteiger partial charge is 0.493 e. The molecular formula is C22H24ClF2N3O3S. The van der Waals surface area contributed by atoms with Crippen molar-refractivity contribution in [1.29, 1.82) is 0 Å². The minimum atomic E-state index is -2.58. The Morgan fingerprint density at radius 3 is 2.88 bits per heavy atom. The fourth-order valence-corrected chi connectivity index (χ4v) is 3.32. The molecule has 0 saturated heterocycles. The number of allylic oxidation sites excluding steroid dienone is 3. The number of terminal acetylenes is 1. The molecule has 2 N–H and O–H groups in total. The van der Waals surface area contributed by atoms with Crippen LogP contribution in [0.25, 0.3) is 6.08 Å². The van der Waals surface area contributed by atoms with Crippen LogP contribution in [0.15, 0.2) is 47.4 Å². The zero-order chi connectivity index (χ0) is 23.3. The number of nitrogens with one attached hydrogen (secondary N) is 2. The minimum Gasteiger partial charge on any atom is -0.493 e. The highest BCUT2D eigenvalue weighted by Gasteiger charge is 2.23. The van der Waals surface area contributed by atoms with Crippen LogP contribution >= 0.6 is 22.9 Å². The summed E-state index contributed by atoms with van der Waals surface area (Å²) in [5, 5.41) is 5.45. The van der Waals surface area contributed by atoms with Gasteiger partial charge in [0.05, 0.1) is 23.1 Å². The van der Waals surface area contributed by atoms with Gasteiger partial charge in [0, 0.05) is 12.7 Å². The average molecular weight is 484 g/mol. The Kier molecular flexibility index (Phi) is 10.8. The lowest BCUT2D eigenvalue weighted by atomic mass is 10.3. The summed E-state index contributed by atoms with van der Waals surface area (Å²) in [6.07, 6.45) is 19.7. The number of hydrogen-bond donors (Lipinski definition) is 2. The van der Waals surface area contributed by atoms with E-state index in [0.717, 1.165) is 4.88 Å². The number of halogens is 3. The number of hydrogen-bond acceptors (Lipinski definition) is 5.